The molecule has 0 saturated carbocycles. The van der Waals surface area contributed by atoms with E-state index in [1.807, 2.05) is 12.1 Å². The van der Waals surface area contributed by atoms with Crippen molar-refractivity contribution in [3.63, 3.8) is 0 Å². The van der Waals surface area contributed by atoms with Crippen LogP contribution >= 0.6 is 11.6 Å². The van der Waals surface area contributed by atoms with Crippen LogP contribution in [0.5, 0.6) is 0 Å². The summed E-state index contributed by atoms with van der Waals surface area (Å²) in [5, 5.41) is 4.65. The molecule has 1 aromatic heterocycles. The van der Waals surface area contributed by atoms with Crippen molar-refractivity contribution in [1.82, 2.24) is 15.0 Å². The lowest BCUT2D eigenvalue weighted by molar-refractivity contribution is -0.123. The fraction of sp³-hybridized carbons (Fsp3) is 0.471. The van der Waals surface area contributed by atoms with Crippen molar-refractivity contribution in [1.29, 1.82) is 0 Å². The topological polar surface area (TPSA) is 85.3 Å². The maximum atomic E-state index is 11.4. The van der Waals surface area contributed by atoms with Crippen LogP contribution in [0.15, 0.2) is 28.8 Å². The van der Waals surface area contributed by atoms with Crippen molar-refractivity contribution in [2.24, 2.45) is 11.7 Å². The number of nitrogens with zero attached hydrogens (tertiary/aromatic N) is 3. The summed E-state index contributed by atoms with van der Waals surface area (Å²) in [7, 11) is 0. The van der Waals surface area contributed by atoms with E-state index in [-0.39, 0.29) is 11.8 Å². The number of hydrogen-bond donors (Lipinski definition) is 1. The van der Waals surface area contributed by atoms with Gasteiger partial charge in [-0.05, 0) is 31.9 Å². The van der Waals surface area contributed by atoms with E-state index in [0.717, 1.165) is 24.9 Å². The summed E-state index contributed by atoms with van der Waals surface area (Å²) in [5.41, 5.74) is 6.28. The van der Waals surface area contributed by atoms with E-state index in [0.29, 0.717) is 35.7 Å². The lowest BCUT2D eigenvalue weighted by Crippen LogP contribution is -2.46. The van der Waals surface area contributed by atoms with Crippen molar-refractivity contribution < 1.29 is 9.32 Å². The van der Waals surface area contributed by atoms with Crippen LogP contribution in [-0.2, 0) is 11.2 Å². The maximum Gasteiger partial charge on any atom is 0.228 e. The van der Waals surface area contributed by atoms with E-state index >= 15 is 0 Å². The molecule has 2 atom stereocenters. The van der Waals surface area contributed by atoms with Gasteiger partial charge in [0.2, 0.25) is 17.6 Å². The number of hydrogen-bond acceptors (Lipinski definition) is 5. The highest BCUT2D eigenvalue weighted by Gasteiger charge is 2.28. The molecule has 0 radical (unpaired) electrons. The third-order valence-electron chi connectivity index (χ3n) is 4.58. The average molecular weight is 349 g/mol. The Balaban J connectivity index is 1.62. The molecule has 0 unspecified atom stereocenters. The number of piperidine rings is 1. The summed E-state index contributed by atoms with van der Waals surface area (Å²) in [6, 6.07) is 7.78. The Hall–Kier alpha value is -1.92. The zero-order chi connectivity index (χ0) is 17.1. The molecule has 1 aromatic carbocycles. The normalized spacial score (nSPS) is 21.8. The summed E-state index contributed by atoms with van der Waals surface area (Å²) in [6.07, 6.45) is 2.49. The van der Waals surface area contributed by atoms with E-state index in [1.54, 1.807) is 12.1 Å². The van der Waals surface area contributed by atoms with Gasteiger partial charge in [0, 0.05) is 36.1 Å². The van der Waals surface area contributed by atoms with Gasteiger partial charge in [-0.1, -0.05) is 28.9 Å². The van der Waals surface area contributed by atoms with Crippen molar-refractivity contribution >= 4 is 17.5 Å². The second-order valence-corrected chi connectivity index (χ2v) is 6.73. The van der Waals surface area contributed by atoms with Crippen LogP contribution in [0.25, 0.3) is 11.4 Å². The smallest absolute Gasteiger partial charge is 0.228 e. The first kappa shape index (κ1) is 16.9. The second-order valence-electron chi connectivity index (χ2n) is 6.29. The van der Waals surface area contributed by atoms with Gasteiger partial charge in [-0.2, -0.15) is 4.98 Å². The molecule has 1 saturated heterocycles. The molecule has 1 fully saturated rings. The Bertz CT molecular complexity index is 718. The molecule has 1 aliphatic rings. The first-order chi connectivity index (χ1) is 11.5. The fourth-order valence-electron chi connectivity index (χ4n) is 3.06. The predicted molar refractivity (Wildman–Crippen MR) is 91.4 cm³/mol. The third kappa shape index (κ3) is 3.94. The Labute approximate surface area is 146 Å². The Morgan fingerprint density at radius 3 is 3.04 bits per heavy atom. The SMILES string of the molecule is C[C@H]1CC[C@@H](C(N)=O)CN1CCc1nc(-c2cccc(Cl)c2)no1. The number of carbonyl (C=O) groups is 1. The minimum Gasteiger partial charge on any atom is -0.369 e. The Morgan fingerprint density at radius 2 is 2.29 bits per heavy atom. The molecule has 0 aliphatic carbocycles. The van der Waals surface area contributed by atoms with Gasteiger partial charge < -0.3 is 10.3 Å². The van der Waals surface area contributed by atoms with Crippen molar-refractivity contribution in [3.8, 4) is 11.4 Å². The van der Waals surface area contributed by atoms with Crippen LogP contribution < -0.4 is 5.73 Å². The summed E-state index contributed by atoms with van der Waals surface area (Å²) < 4.78 is 5.34. The fourth-order valence-corrected chi connectivity index (χ4v) is 3.25. The minimum absolute atomic E-state index is 0.0640. The van der Waals surface area contributed by atoms with Gasteiger partial charge in [-0.15, -0.1) is 0 Å². The zero-order valence-electron chi connectivity index (χ0n) is 13.6. The molecule has 7 heteroatoms. The summed E-state index contributed by atoms with van der Waals surface area (Å²) in [4.78, 5) is 18.1. The molecule has 1 amide bonds. The molecule has 2 heterocycles. The monoisotopic (exact) mass is 348 g/mol. The maximum absolute atomic E-state index is 11.4. The third-order valence-corrected chi connectivity index (χ3v) is 4.81. The van der Waals surface area contributed by atoms with E-state index in [2.05, 4.69) is 22.0 Å². The van der Waals surface area contributed by atoms with E-state index in [9.17, 15) is 4.79 Å². The molecular formula is C17H21ClN4O2. The minimum atomic E-state index is -0.215. The standard InChI is InChI=1S/C17H21ClN4O2/c1-11-5-6-13(16(19)23)10-22(11)8-7-15-20-17(21-24-15)12-3-2-4-14(18)9-12/h2-4,9,11,13H,5-8,10H2,1H3,(H2,19,23)/t11-,13+/m0/s1. The van der Waals surface area contributed by atoms with Gasteiger partial charge in [-0.3, -0.25) is 9.69 Å². The van der Waals surface area contributed by atoms with Crippen LogP contribution in [0.1, 0.15) is 25.7 Å². The highest BCUT2D eigenvalue weighted by Crippen LogP contribution is 2.23. The van der Waals surface area contributed by atoms with Crippen LogP contribution in [0.3, 0.4) is 0 Å². The van der Waals surface area contributed by atoms with E-state index < -0.39 is 0 Å². The molecule has 2 N–H and O–H groups in total. The molecule has 3 rings (SSSR count). The Morgan fingerprint density at radius 1 is 1.46 bits per heavy atom. The highest BCUT2D eigenvalue weighted by atomic mass is 35.5. The quantitative estimate of drug-likeness (QED) is 0.897. The van der Waals surface area contributed by atoms with Crippen molar-refractivity contribution in [3.05, 3.63) is 35.2 Å². The molecule has 128 valence electrons. The molecule has 6 nitrogen and oxygen atoms in total. The van der Waals surface area contributed by atoms with Gasteiger partial charge >= 0.3 is 0 Å². The van der Waals surface area contributed by atoms with Gasteiger partial charge in [-0.25, -0.2) is 0 Å². The lowest BCUT2D eigenvalue weighted by atomic mass is 9.93. The molecular weight excluding hydrogens is 328 g/mol. The van der Waals surface area contributed by atoms with Crippen molar-refractivity contribution in [2.75, 3.05) is 13.1 Å². The molecule has 0 bridgehead atoms. The van der Waals surface area contributed by atoms with Gasteiger partial charge in [0.05, 0.1) is 5.92 Å². The van der Waals surface area contributed by atoms with Crippen LogP contribution in [0.4, 0.5) is 0 Å². The molecule has 24 heavy (non-hydrogen) atoms. The number of primary amides is 1. The first-order valence-corrected chi connectivity index (χ1v) is 8.52. The van der Waals surface area contributed by atoms with Gasteiger partial charge in [0.1, 0.15) is 0 Å². The van der Waals surface area contributed by atoms with E-state index in [4.69, 9.17) is 21.9 Å². The molecule has 0 spiro atoms. The average Bonchev–Trinajstić information content (AvgIpc) is 3.03. The number of carbonyl (C=O) groups excluding carboxylic acids is 1. The summed E-state index contributed by atoms with van der Waals surface area (Å²) in [5.74, 6) is 0.839. The summed E-state index contributed by atoms with van der Waals surface area (Å²) >= 11 is 5.99. The molecule has 1 aliphatic heterocycles. The van der Waals surface area contributed by atoms with Crippen LogP contribution in [0, 0.1) is 5.92 Å². The number of likely N-dealkylation sites (tertiary alicyclic amines) is 1. The predicted octanol–water partition coefficient (Wildman–Crippen LogP) is 2.52. The molecule has 2 aromatic rings. The van der Waals surface area contributed by atoms with Crippen LogP contribution in [0.2, 0.25) is 5.02 Å². The van der Waals surface area contributed by atoms with Crippen molar-refractivity contribution in [2.45, 2.75) is 32.2 Å². The first-order valence-electron chi connectivity index (χ1n) is 8.15. The number of halogens is 1. The second kappa shape index (κ2) is 7.32. The number of nitrogens with two attached hydrogens (primary N) is 1. The highest BCUT2D eigenvalue weighted by molar-refractivity contribution is 6.30. The van der Waals surface area contributed by atoms with E-state index in [1.165, 1.54) is 0 Å². The summed E-state index contributed by atoms with van der Waals surface area (Å²) in [6.45, 7) is 3.64. The van der Waals surface area contributed by atoms with Crippen LogP contribution in [-0.4, -0.2) is 40.1 Å². The largest absolute Gasteiger partial charge is 0.369 e. The zero-order valence-corrected chi connectivity index (χ0v) is 14.4. The lowest BCUT2D eigenvalue weighted by Gasteiger charge is -2.36. The number of aromatic nitrogens is 2. The number of amides is 1. The number of rotatable bonds is 5. The number of benzene rings is 1. The Kier molecular flexibility index (Phi) is 5.16. The van der Waals surface area contributed by atoms with Gasteiger partial charge in [0.15, 0.2) is 0 Å². The van der Waals surface area contributed by atoms with Gasteiger partial charge in [0.25, 0.3) is 0 Å².